The third-order valence-electron chi connectivity index (χ3n) is 5.08. The second-order valence-electron chi connectivity index (χ2n) is 7.14. The molecule has 0 spiro atoms. The van der Waals surface area contributed by atoms with Crippen LogP contribution < -0.4 is 5.32 Å². The third kappa shape index (κ3) is 3.73. The van der Waals surface area contributed by atoms with Gasteiger partial charge in [0, 0.05) is 42.3 Å². The number of halogens is 1. The Morgan fingerprint density at radius 2 is 1.90 bits per heavy atom. The first-order valence-electron chi connectivity index (χ1n) is 9.89. The van der Waals surface area contributed by atoms with E-state index in [0.717, 1.165) is 27.9 Å². The minimum absolute atomic E-state index is 0.302. The molecule has 31 heavy (non-hydrogen) atoms. The monoisotopic (exact) mass is 410 g/mol. The van der Waals surface area contributed by atoms with Crippen molar-refractivity contribution in [3.05, 3.63) is 96.6 Å². The van der Waals surface area contributed by atoms with Gasteiger partial charge in [-0.05, 0) is 48.9 Å². The number of nitrogens with one attached hydrogen (secondary N) is 1. The normalized spacial score (nSPS) is 11.0. The fourth-order valence-corrected chi connectivity index (χ4v) is 3.51. The zero-order valence-electron chi connectivity index (χ0n) is 16.8. The second-order valence-corrected chi connectivity index (χ2v) is 7.14. The third-order valence-corrected chi connectivity index (χ3v) is 5.08. The Balaban J connectivity index is 1.46. The molecule has 2 aromatic carbocycles. The number of anilines is 1. The van der Waals surface area contributed by atoms with Crippen LogP contribution >= 0.6 is 0 Å². The molecule has 0 atom stereocenters. The Bertz CT molecular complexity index is 1360. The first kappa shape index (κ1) is 18.9. The SMILES string of the molecule is Cc1nccn1-c1ccc(CNc2nc(-c3cccnc3)nc3ccccc23)cc1F. The van der Waals surface area contributed by atoms with Crippen molar-refractivity contribution >= 4 is 16.7 Å². The molecule has 152 valence electrons. The van der Waals surface area contributed by atoms with Gasteiger partial charge in [-0.2, -0.15) is 0 Å². The Morgan fingerprint density at radius 3 is 2.68 bits per heavy atom. The van der Waals surface area contributed by atoms with Crippen LogP contribution in [0.4, 0.5) is 10.2 Å². The lowest BCUT2D eigenvalue weighted by Crippen LogP contribution is -2.06. The Morgan fingerprint density at radius 1 is 1.00 bits per heavy atom. The first-order chi connectivity index (χ1) is 15.2. The summed E-state index contributed by atoms with van der Waals surface area (Å²) < 4.78 is 16.5. The molecule has 0 saturated heterocycles. The fraction of sp³-hybridized carbons (Fsp3) is 0.0833. The van der Waals surface area contributed by atoms with Gasteiger partial charge in [0.05, 0.1) is 11.2 Å². The average Bonchev–Trinajstić information content (AvgIpc) is 3.23. The maximum atomic E-state index is 14.7. The first-order valence-corrected chi connectivity index (χ1v) is 9.89. The lowest BCUT2D eigenvalue weighted by Gasteiger charge is -2.12. The van der Waals surface area contributed by atoms with Gasteiger partial charge in [0.1, 0.15) is 17.5 Å². The van der Waals surface area contributed by atoms with Crippen molar-refractivity contribution in [2.24, 2.45) is 0 Å². The number of aromatic nitrogens is 5. The molecule has 5 rings (SSSR count). The lowest BCUT2D eigenvalue weighted by atomic mass is 10.1. The van der Waals surface area contributed by atoms with Crippen molar-refractivity contribution < 1.29 is 4.39 Å². The highest BCUT2D eigenvalue weighted by molar-refractivity contribution is 5.90. The summed E-state index contributed by atoms with van der Waals surface area (Å²) in [5.41, 5.74) is 2.95. The highest BCUT2D eigenvalue weighted by Crippen LogP contribution is 2.25. The van der Waals surface area contributed by atoms with Gasteiger partial charge < -0.3 is 9.88 Å². The van der Waals surface area contributed by atoms with Crippen molar-refractivity contribution in [2.45, 2.75) is 13.5 Å². The van der Waals surface area contributed by atoms with Crippen LogP contribution in [0.3, 0.4) is 0 Å². The topological polar surface area (TPSA) is 68.5 Å². The van der Waals surface area contributed by atoms with E-state index in [0.29, 0.717) is 23.9 Å². The highest BCUT2D eigenvalue weighted by atomic mass is 19.1. The number of nitrogens with zero attached hydrogens (tertiary/aromatic N) is 5. The average molecular weight is 410 g/mol. The van der Waals surface area contributed by atoms with Crippen molar-refractivity contribution in [3.63, 3.8) is 0 Å². The van der Waals surface area contributed by atoms with Crippen molar-refractivity contribution in [1.29, 1.82) is 0 Å². The molecule has 7 heteroatoms. The summed E-state index contributed by atoms with van der Waals surface area (Å²) in [4.78, 5) is 17.7. The standard InChI is InChI=1S/C24H19FN6/c1-16-27-11-12-31(16)22-9-8-17(13-20(22)25)14-28-24-19-6-2-3-7-21(19)29-23(30-24)18-5-4-10-26-15-18/h2-13,15H,14H2,1H3,(H,28,29,30). The van der Waals surface area contributed by atoms with Crippen LogP contribution in [0.15, 0.2) is 79.4 Å². The molecular formula is C24H19FN6. The number of imidazole rings is 1. The minimum Gasteiger partial charge on any atom is -0.365 e. The number of hydrogen-bond donors (Lipinski definition) is 1. The number of benzene rings is 2. The van der Waals surface area contributed by atoms with Gasteiger partial charge >= 0.3 is 0 Å². The second kappa shape index (κ2) is 7.95. The molecule has 5 aromatic rings. The molecule has 3 heterocycles. The predicted molar refractivity (Wildman–Crippen MR) is 118 cm³/mol. The van der Waals surface area contributed by atoms with E-state index in [4.69, 9.17) is 4.98 Å². The molecular weight excluding hydrogens is 391 g/mol. The Labute approximate surface area is 178 Å². The highest BCUT2D eigenvalue weighted by Gasteiger charge is 2.11. The van der Waals surface area contributed by atoms with E-state index < -0.39 is 0 Å². The fourth-order valence-electron chi connectivity index (χ4n) is 3.51. The van der Waals surface area contributed by atoms with Gasteiger partial charge in [-0.3, -0.25) is 4.98 Å². The van der Waals surface area contributed by atoms with Gasteiger partial charge in [0.2, 0.25) is 0 Å². The van der Waals surface area contributed by atoms with E-state index >= 15 is 0 Å². The van der Waals surface area contributed by atoms with E-state index in [1.54, 1.807) is 35.4 Å². The molecule has 0 aliphatic carbocycles. The molecule has 0 aliphatic rings. The smallest absolute Gasteiger partial charge is 0.163 e. The quantitative estimate of drug-likeness (QED) is 0.445. The summed E-state index contributed by atoms with van der Waals surface area (Å²) in [6.07, 6.45) is 6.86. The van der Waals surface area contributed by atoms with E-state index in [2.05, 4.69) is 20.3 Å². The van der Waals surface area contributed by atoms with Gasteiger partial charge in [0.15, 0.2) is 5.82 Å². The van der Waals surface area contributed by atoms with Crippen LogP contribution in [0.1, 0.15) is 11.4 Å². The molecule has 0 amide bonds. The summed E-state index contributed by atoms with van der Waals surface area (Å²) in [6.45, 7) is 2.27. The molecule has 0 fully saturated rings. The van der Waals surface area contributed by atoms with E-state index in [1.807, 2.05) is 49.4 Å². The van der Waals surface area contributed by atoms with E-state index in [9.17, 15) is 4.39 Å². The zero-order valence-corrected chi connectivity index (χ0v) is 16.8. The molecule has 3 aromatic heterocycles. The van der Waals surface area contributed by atoms with Gasteiger partial charge in [-0.1, -0.05) is 18.2 Å². The lowest BCUT2D eigenvalue weighted by molar-refractivity contribution is 0.614. The van der Waals surface area contributed by atoms with Gasteiger partial charge in [-0.25, -0.2) is 19.3 Å². The van der Waals surface area contributed by atoms with Crippen LogP contribution in [0, 0.1) is 12.7 Å². The molecule has 0 saturated carbocycles. The van der Waals surface area contributed by atoms with Gasteiger partial charge in [0.25, 0.3) is 0 Å². The molecule has 0 radical (unpaired) electrons. The molecule has 1 N–H and O–H groups in total. The molecule has 0 aliphatic heterocycles. The van der Waals surface area contributed by atoms with E-state index in [-0.39, 0.29) is 5.82 Å². The maximum absolute atomic E-state index is 14.7. The van der Waals surface area contributed by atoms with Crippen LogP contribution in [0.25, 0.3) is 28.0 Å². The summed E-state index contributed by atoms with van der Waals surface area (Å²) in [7, 11) is 0. The van der Waals surface area contributed by atoms with Crippen LogP contribution in [-0.2, 0) is 6.54 Å². The van der Waals surface area contributed by atoms with Crippen LogP contribution in [0.2, 0.25) is 0 Å². The molecule has 6 nitrogen and oxygen atoms in total. The summed E-state index contributed by atoms with van der Waals surface area (Å²) in [5.74, 6) is 1.72. The van der Waals surface area contributed by atoms with Crippen molar-refractivity contribution in [1.82, 2.24) is 24.5 Å². The summed E-state index contributed by atoms with van der Waals surface area (Å²) in [5, 5.41) is 4.25. The summed E-state index contributed by atoms with van der Waals surface area (Å²) >= 11 is 0. The van der Waals surface area contributed by atoms with Crippen LogP contribution in [-0.4, -0.2) is 24.5 Å². The minimum atomic E-state index is -0.302. The predicted octanol–water partition coefficient (Wildman–Crippen LogP) is 4.94. The number of hydrogen-bond acceptors (Lipinski definition) is 5. The largest absolute Gasteiger partial charge is 0.365 e. The zero-order chi connectivity index (χ0) is 21.2. The van der Waals surface area contributed by atoms with Crippen molar-refractivity contribution in [3.8, 4) is 17.1 Å². The molecule has 0 unspecified atom stereocenters. The van der Waals surface area contributed by atoms with Crippen molar-refractivity contribution in [2.75, 3.05) is 5.32 Å². The van der Waals surface area contributed by atoms with Gasteiger partial charge in [-0.15, -0.1) is 0 Å². The number of fused-ring (bicyclic) bond motifs is 1. The number of aryl methyl sites for hydroxylation is 1. The number of para-hydroxylation sites is 1. The van der Waals surface area contributed by atoms with E-state index in [1.165, 1.54) is 6.07 Å². The van der Waals surface area contributed by atoms with Crippen LogP contribution in [0.5, 0.6) is 0 Å². The molecule has 0 bridgehead atoms. The number of rotatable bonds is 5. The summed E-state index contributed by atoms with van der Waals surface area (Å²) in [6, 6.07) is 16.8. The number of pyridine rings is 1. The maximum Gasteiger partial charge on any atom is 0.163 e. The Kier molecular flexibility index (Phi) is 4.84. The Hall–Kier alpha value is -4.13.